The number of halogens is 2. The maximum atomic E-state index is 12.2. The minimum atomic E-state index is -0.290. The van der Waals surface area contributed by atoms with E-state index >= 15 is 0 Å². The number of rotatable bonds is 4. The Bertz CT molecular complexity index is 664. The van der Waals surface area contributed by atoms with Crippen LogP contribution < -0.4 is 11.1 Å². The highest BCUT2D eigenvalue weighted by atomic mass is 35.5. The normalized spacial score (nSPS) is 12.0. The third-order valence-electron chi connectivity index (χ3n) is 2.75. The molecule has 1 atom stereocenters. The Balaban J connectivity index is 2.04. The first-order valence-electron chi connectivity index (χ1n) is 6.24. The van der Waals surface area contributed by atoms with Crippen LogP contribution in [0.5, 0.6) is 0 Å². The summed E-state index contributed by atoms with van der Waals surface area (Å²) in [6.45, 7) is 1.82. The van der Waals surface area contributed by atoms with Gasteiger partial charge in [0.15, 0.2) is 0 Å². The van der Waals surface area contributed by atoms with E-state index in [1.165, 1.54) is 11.8 Å². The third-order valence-corrected chi connectivity index (χ3v) is 4.32. The quantitative estimate of drug-likeness (QED) is 0.626. The van der Waals surface area contributed by atoms with Gasteiger partial charge in [-0.1, -0.05) is 29.3 Å². The van der Waals surface area contributed by atoms with Crippen LogP contribution in [0, 0.1) is 0 Å². The number of amides is 1. The van der Waals surface area contributed by atoms with Crippen LogP contribution in [0.2, 0.25) is 10.0 Å². The van der Waals surface area contributed by atoms with E-state index in [2.05, 4.69) is 5.32 Å². The predicted octanol–water partition coefficient (Wildman–Crippen LogP) is 4.69. The van der Waals surface area contributed by atoms with Crippen LogP contribution in [-0.2, 0) is 4.79 Å². The van der Waals surface area contributed by atoms with E-state index < -0.39 is 0 Å². The molecular weight excluding hydrogens is 327 g/mol. The smallest absolute Gasteiger partial charge is 0.237 e. The molecule has 3 N–H and O–H groups in total. The Morgan fingerprint density at radius 1 is 1.19 bits per heavy atom. The molecule has 0 spiro atoms. The summed E-state index contributed by atoms with van der Waals surface area (Å²) in [5.41, 5.74) is 6.81. The van der Waals surface area contributed by atoms with Crippen LogP contribution in [0.4, 0.5) is 11.4 Å². The van der Waals surface area contributed by atoms with Crippen LogP contribution in [0.15, 0.2) is 47.4 Å². The summed E-state index contributed by atoms with van der Waals surface area (Å²) in [5.74, 6) is -0.144. The second kappa shape index (κ2) is 7.07. The second-order valence-electron chi connectivity index (χ2n) is 4.44. The summed E-state index contributed by atoms with van der Waals surface area (Å²) in [6, 6.07) is 12.3. The molecule has 3 nitrogen and oxygen atoms in total. The lowest BCUT2D eigenvalue weighted by atomic mass is 10.2. The topological polar surface area (TPSA) is 55.1 Å². The van der Waals surface area contributed by atoms with Gasteiger partial charge in [-0.25, -0.2) is 0 Å². The van der Waals surface area contributed by atoms with Crippen LogP contribution in [0.3, 0.4) is 0 Å². The highest BCUT2D eigenvalue weighted by Gasteiger charge is 2.16. The number of nitrogens with one attached hydrogen (secondary N) is 1. The Morgan fingerprint density at radius 2 is 1.90 bits per heavy atom. The molecule has 0 aliphatic rings. The Labute approximate surface area is 137 Å². The molecule has 0 aliphatic heterocycles. The van der Waals surface area contributed by atoms with Crippen molar-refractivity contribution in [3.05, 3.63) is 52.5 Å². The maximum Gasteiger partial charge on any atom is 0.237 e. The highest BCUT2D eigenvalue weighted by Crippen LogP contribution is 2.28. The van der Waals surface area contributed by atoms with Gasteiger partial charge in [0, 0.05) is 14.9 Å². The van der Waals surface area contributed by atoms with Gasteiger partial charge in [-0.15, -0.1) is 11.8 Å². The molecule has 1 amide bonds. The van der Waals surface area contributed by atoms with E-state index in [9.17, 15) is 4.79 Å². The van der Waals surface area contributed by atoms with Gasteiger partial charge in [-0.3, -0.25) is 4.79 Å². The molecule has 1 unspecified atom stereocenters. The van der Waals surface area contributed by atoms with Crippen molar-refractivity contribution >= 4 is 52.2 Å². The first-order valence-corrected chi connectivity index (χ1v) is 7.87. The number of carbonyl (C=O) groups excluding carboxylic acids is 1. The monoisotopic (exact) mass is 340 g/mol. The van der Waals surface area contributed by atoms with Gasteiger partial charge >= 0.3 is 0 Å². The average molecular weight is 341 g/mol. The van der Waals surface area contributed by atoms with E-state index in [-0.39, 0.29) is 11.2 Å². The summed E-state index contributed by atoms with van der Waals surface area (Å²) >= 11 is 13.3. The Kier molecular flexibility index (Phi) is 5.39. The van der Waals surface area contributed by atoms with E-state index in [1.54, 1.807) is 24.3 Å². The standard InChI is InChI=1S/C15H14Cl2N2OS/c1-9(21-12-4-2-3-10(16)7-12)15(20)19-14-8-11(17)5-6-13(14)18/h2-9H,18H2,1H3,(H,19,20). The fourth-order valence-electron chi connectivity index (χ4n) is 1.67. The molecule has 0 fully saturated rings. The number of nitrogen functional groups attached to an aromatic ring is 1. The number of hydrogen-bond acceptors (Lipinski definition) is 3. The second-order valence-corrected chi connectivity index (χ2v) is 6.73. The SMILES string of the molecule is CC(Sc1cccc(Cl)c1)C(=O)Nc1cc(Cl)ccc1N. The van der Waals surface area contributed by atoms with Gasteiger partial charge in [0.1, 0.15) is 0 Å². The molecule has 0 heterocycles. The lowest BCUT2D eigenvalue weighted by Gasteiger charge is -2.13. The fourth-order valence-corrected chi connectivity index (χ4v) is 3.02. The largest absolute Gasteiger partial charge is 0.397 e. The molecule has 0 saturated heterocycles. The number of hydrogen-bond donors (Lipinski definition) is 2. The first-order chi connectivity index (χ1) is 9.95. The van der Waals surface area contributed by atoms with Crippen LogP contribution in [-0.4, -0.2) is 11.2 Å². The number of nitrogens with two attached hydrogens (primary N) is 1. The molecule has 2 aromatic rings. The molecule has 6 heteroatoms. The predicted molar refractivity (Wildman–Crippen MR) is 91.3 cm³/mol. The van der Waals surface area contributed by atoms with Gasteiger partial charge < -0.3 is 11.1 Å². The molecular formula is C15H14Cl2N2OS. The molecule has 0 saturated carbocycles. The molecule has 110 valence electrons. The summed E-state index contributed by atoms with van der Waals surface area (Å²) < 4.78 is 0. The molecule has 21 heavy (non-hydrogen) atoms. The van der Waals surface area contributed by atoms with Crippen molar-refractivity contribution in [3.8, 4) is 0 Å². The Hall–Kier alpha value is -1.36. The molecule has 0 aliphatic carbocycles. The Morgan fingerprint density at radius 3 is 2.62 bits per heavy atom. The van der Waals surface area contributed by atoms with E-state index in [0.717, 1.165) is 4.90 Å². The number of benzene rings is 2. The number of carbonyl (C=O) groups is 1. The van der Waals surface area contributed by atoms with E-state index in [0.29, 0.717) is 21.4 Å². The highest BCUT2D eigenvalue weighted by molar-refractivity contribution is 8.00. The molecule has 0 radical (unpaired) electrons. The summed E-state index contributed by atoms with van der Waals surface area (Å²) in [7, 11) is 0. The fraction of sp³-hybridized carbons (Fsp3) is 0.133. The zero-order chi connectivity index (χ0) is 15.4. The van der Waals surface area contributed by atoms with Gasteiger partial charge in [0.05, 0.1) is 16.6 Å². The summed E-state index contributed by atoms with van der Waals surface area (Å²) in [4.78, 5) is 13.1. The van der Waals surface area contributed by atoms with Crippen molar-refractivity contribution in [3.63, 3.8) is 0 Å². The maximum absolute atomic E-state index is 12.2. The lowest BCUT2D eigenvalue weighted by Crippen LogP contribution is -2.22. The molecule has 0 aromatic heterocycles. The van der Waals surface area contributed by atoms with Crippen molar-refractivity contribution in [2.75, 3.05) is 11.1 Å². The van der Waals surface area contributed by atoms with Crippen molar-refractivity contribution in [2.24, 2.45) is 0 Å². The van der Waals surface area contributed by atoms with Crippen LogP contribution >= 0.6 is 35.0 Å². The van der Waals surface area contributed by atoms with Crippen molar-refractivity contribution in [2.45, 2.75) is 17.1 Å². The molecule has 2 aromatic carbocycles. The summed E-state index contributed by atoms with van der Waals surface area (Å²) in [6.07, 6.45) is 0. The minimum Gasteiger partial charge on any atom is -0.397 e. The van der Waals surface area contributed by atoms with E-state index in [1.807, 2.05) is 25.1 Å². The van der Waals surface area contributed by atoms with E-state index in [4.69, 9.17) is 28.9 Å². The lowest BCUT2D eigenvalue weighted by molar-refractivity contribution is -0.115. The van der Waals surface area contributed by atoms with Crippen molar-refractivity contribution < 1.29 is 4.79 Å². The average Bonchev–Trinajstić information content (AvgIpc) is 2.43. The van der Waals surface area contributed by atoms with Gasteiger partial charge in [-0.2, -0.15) is 0 Å². The zero-order valence-corrected chi connectivity index (χ0v) is 13.6. The van der Waals surface area contributed by atoms with Crippen molar-refractivity contribution in [1.29, 1.82) is 0 Å². The number of anilines is 2. The summed E-state index contributed by atoms with van der Waals surface area (Å²) in [5, 5.41) is 3.66. The molecule has 0 bridgehead atoms. The third kappa shape index (κ3) is 4.56. The number of thioether (sulfide) groups is 1. The first kappa shape index (κ1) is 16.0. The van der Waals surface area contributed by atoms with Crippen molar-refractivity contribution in [1.82, 2.24) is 0 Å². The zero-order valence-electron chi connectivity index (χ0n) is 11.3. The van der Waals surface area contributed by atoms with Gasteiger partial charge in [-0.05, 0) is 43.3 Å². The minimum absolute atomic E-state index is 0.144. The van der Waals surface area contributed by atoms with Gasteiger partial charge in [0.2, 0.25) is 5.91 Å². The van der Waals surface area contributed by atoms with Crippen LogP contribution in [0.1, 0.15) is 6.92 Å². The van der Waals surface area contributed by atoms with Crippen LogP contribution in [0.25, 0.3) is 0 Å². The van der Waals surface area contributed by atoms with Gasteiger partial charge in [0.25, 0.3) is 0 Å². The molecule has 2 rings (SSSR count).